The molecule has 0 atom stereocenters. The molecule has 0 rings (SSSR count). The lowest BCUT2D eigenvalue weighted by Crippen LogP contribution is -1.92. The van der Waals surface area contributed by atoms with Crippen molar-refractivity contribution in [2.75, 3.05) is 13.2 Å². The van der Waals surface area contributed by atoms with Crippen LogP contribution in [0, 0.1) is 11.3 Å². The third-order valence-corrected chi connectivity index (χ3v) is 1.05. The van der Waals surface area contributed by atoms with Crippen molar-refractivity contribution in [3.05, 3.63) is 12.2 Å². The Balaban J connectivity index is 2.92. The summed E-state index contributed by atoms with van der Waals surface area (Å²) in [5.41, 5.74) is 0. The first kappa shape index (κ1) is 9.19. The first-order valence-corrected chi connectivity index (χ1v) is 3.54. The Labute approximate surface area is 62.1 Å². The summed E-state index contributed by atoms with van der Waals surface area (Å²) in [6, 6.07) is 1.90. The van der Waals surface area contributed by atoms with E-state index in [-0.39, 0.29) is 0 Å². The van der Waals surface area contributed by atoms with Gasteiger partial charge in [-0.25, -0.2) is 0 Å². The van der Waals surface area contributed by atoms with Crippen LogP contribution in [0.25, 0.3) is 0 Å². The first-order chi connectivity index (χ1) is 4.91. The van der Waals surface area contributed by atoms with Crippen molar-refractivity contribution in [1.82, 2.24) is 0 Å². The highest BCUT2D eigenvalue weighted by atomic mass is 16.5. The average molecular weight is 139 g/mol. The predicted molar refractivity (Wildman–Crippen MR) is 40.5 cm³/mol. The Hall–Kier alpha value is -0.810. The molecule has 56 valence electrons. The van der Waals surface area contributed by atoms with E-state index in [2.05, 4.69) is 6.92 Å². The predicted octanol–water partition coefficient (Wildman–Crippen LogP) is 1.88. The van der Waals surface area contributed by atoms with Gasteiger partial charge >= 0.3 is 0 Å². The van der Waals surface area contributed by atoms with Crippen molar-refractivity contribution in [2.45, 2.75) is 19.8 Å². The van der Waals surface area contributed by atoms with Crippen molar-refractivity contribution >= 4 is 0 Å². The summed E-state index contributed by atoms with van der Waals surface area (Å²) in [5, 5.41) is 8.08. The maximum absolute atomic E-state index is 8.08. The lowest BCUT2D eigenvalue weighted by Gasteiger charge is -1.96. The molecular formula is C8H13NO. The molecule has 0 amide bonds. The van der Waals surface area contributed by atoms with E-state index in [9.17, 15) is 0 Å². The number of hydrogen-bond acceptors (Lipinski definition) is 2. The number of hydrogen-bond donors (Lipinski definition) is 0. The van der Waals surface area contributed by atoms with Crippen LogP contribution in [0.4, 0.5) is 0 Å². The molecule has 0 bridgehead atoms. The molecule has 0 heterocycles. The topological polar surface area (TPSA) is 33.0 Å². The lowest BCUT2D eigenvalue weighted by molar-refractivity contribution is 0.159. The molecule has 0 radical (unpaired) electrons. The highest BCUT2D eigenvalue weighted by Gasteiger charge is 1.81. The molecule has 0 aromatic rings. The normalized spacial score (nSPS) is 10.0. The molecule has 0 unspecified atom stereocenters. The number of ether oxygens (including phenoxy) is 1. The second-order valence-corrected chi connectivity index (χ2v) is 1.96. The molecule has 0 spiro atoms. The molecule has 10 heavy (non-hydrogen) atoms. The van der Waals surface area contributed by atoms with E-state index in [1.807, 2.05) is 6.07 Å². The zero-order valence-corrected chi connectivity index (χ0v) is 6.34. The van der Waals surface area contributed by atoms with Gasteiger partial charge in [-0.15, -0.1) is 0 Å². The Bertz CT molecular complexity index is 124. The highest BCUT2D eigenvalue weighted by molar-refractivity contribution is 5.01. The van der Waals surface area contributed by atoms with E-state index in [0.29, 0.717) is 6.61 Å². The van der Waals surface area contributed by atoms with Crippen molar-refractivity contribution in [3.8, 4) is 6.07 Å². The zero-order valence-electron chi connectivity index (χ0n) is 6.34. The average Bonchev–Trinajstić information content (AvgIpc) is 1.97. The molecule has 0 aliphatic heterocycles. The van der Waals surface area contributed by atoms with Crippen LogP contribution in [0.15, 0.2) is 12.2 Å². The summed E-state index contributed by atoms with van der Waals surface area (Å²) < 4.78 is 5.14. The van der Waals surface area contributed by atoms with Crippen LogP contribution in [-0.4, -0.2) is 13.2 Å². The van der Waals surface area contributed by atoms with Gasteiger partial charge in [-0.1, -0.05) is 13.3 Å². The smallest absolute Gasteiger partial charge is 0.0909 e. The van der Waals surface area contributed by atoms with Crippen LogP contribution >= 0.6 is 0 Å². The third kappa shape index (κ3) is 7.19. The van der Waals surface area contributed by atoms with E-state index >= 15 is 0 Å². The Morgan fingerprint density at radius 1 is 1.60 bits per heavy atom. The second-order valence-electron chi connectivity index (χ2n) is 1.96. The van der Waals surface area contributed by atoms with Crippen molar-refractivity contribution in [3.63, 3.8) is 0 Å². The molecule has 0 aromatic heterocycles. The summed E-state index contributed by atoms with van der Waals surface area (Å²) >= 11 is 0. The summed E-state index contributed by atoms with van der Waals surface area (Å²) in [7, 11) is 0. The highest BCUT2D eigenvalue weighted by Crippen LogP contribution is 1.87. The second kappa shape index (κ2) is 8.19. The van der Waals surface area contributed by atoms with Gasteiger partial charge in [-0.2, -0.15) is 5.26 Å². The fourth-order valence-corrected chi connectivity index (χ4v) is 0.499. The first-order valence-electron chi connectivity index (χ1n) is 3.54. The number of allylic oxidation sites excluding steroid dienone is 1. The molecule has 2 heteroatoms. The van der Waals surface area contributed by atoms with Gasteiger partial charge in [0, 0.05) is 12.7 Å². The zero-order chi connectivity index (χ0) is 7.66. The molecule has 0 saturated heterocycles. The van der Waals surface area contributed by atoms with Gasteiger partial charge in [-0.05, 0) is 12.5 Å². The lowest BCUT2D eigenvalue weighted by atomic mass is 10.4. The van der Waals surface area contributed by atoms with Gasteiger partial charge < -0.3 is 4.74 Å². The molecule has 0 saturated carbocycles. The number of unbranched alkanes of at least 4 members (excludes halogenated alkanes) is 1. The number of rotatable bonds is 5. The maximum Gasteiger partial charge on any atom is 0.0909 e. The van der Waals surface area contributed by atoms with Gasteiger partial charge in [-0.3, -0.25) is 0 Å². The Morgan fingerprint density at radius 2 is 2.40 bits per heavy atom. The Kier molecular flexibility index (Phi) is 7.53. The number of nitriles is 1. The van der Waals surface area contributed by atoms with Crippen LogP contribution in [0.3, 0.4) is 0 Å². The molecule has 0 N–H and O–H groups in total. The molecular weight excluding hydrogens is 126 g/mol. The van der Waals surface area contributed by atoms with Crippen LogP contribution in [0.2, 0.25) is 0 Å². The van der Waals surface area contributed by atoms with E-state index in [1.54, 1.807) is 6.08 Å². The van der Waals surface area contributed by atoms with Crippen molar-refractivity contribution in [2.24, 2.45) is 0 Å². The molecule has 2 nitrogen and oxygen atoms in total. The van der Waals surface area contributed by atoms with Crippen LogP contribution in [0.5, 0.6) is 0 Å². The van der Waals surface area contributed by atoms with E-state index in [1.165, 1.54) is 6.08 Å². The SMILES string of the molecule is CCCCOCC=CC#N. The minimum Gasteiger partial charge on any atom is -0.377 e. The standard InChI is InChI=1S/C8H13NO/c1-2-3-7-10-8-5-4-6-9/h4-5H,2-3,7-8H2,1H3. The van der Waals surface area contributed by atoms with Crippen molar-refractivity contribution in [1.29, 1.82) is 5.26 Å². The van der Waals surface area contributed by atoms with Crippen molar-refractivity contribution < 1.29 is 4.74 Å². The maximum atomic E-state index is 8.08. The molecule has 0 aromatic carbocycles. The van der Waals surface area contributed by atoms with Gasteiger partial charge in [0.15, 0.2) is 0 Å². The summed E-state index contributed by atoms with van der Waals surface area (Å²) in [6.07, 6.45) is 5.41. The number of nitrogens with zero attached hydrogens (tertiary/aromatic N) is 1. The quantitative estimate of drug-likeness (QED) is 0.430. The largest absolute Gasteiger partial charge is 0.377 e. The van der Waals surface area contributed by atoms with Crippen LogP contribution in [0.1, 0.15) is 19.8 Å². The van der Waals surface area contributed by atoms with Gasteiger partial charge in [0.2, 0.25) is 0 Å². The van der Waals surface area contributed by atoms with Crippen LogP contribution in [-0.2, 0) is 4.74 Å². The third-order valence-electron chi connectivity index (χ3n) is 1.05. The fraction of sp³-hybridized carbons (Fsp3) is 0.625. The van der Waals surface area contributed by atoms with E-state index in [0.717, 1.165) is 19.4 Å². The van der Waals surface area contributed by atoms with E-state index < -0.39 is 0 Å². The van der Waals surface area contributed by atoms with Crippen LogP contribution < -0.4 is 0 Å². The molecule has 0 fully saturated rings. The summed E-state index contributed by atoms with van der Waals surface area (Å²) in [6.45, 7) is 3.48. The minimum atomic E-state index is 0.563. The summed E-state index contributed by atoms with van der Waals surface area (Å²) in [5.74, 6) is 0. The van der Waals surface area contributed by atoms with Gasteiger partial charge in [0.1, 0.15) is 0 Å². The van der Waals surface area contributed by atoms with E-state index in [4.69, 9.17) is 10.00 Å². The van der Waals surface area contributed by atoms with Gasteiger partial charge in [0.25, 0.3) is 0 Å². The fourth-order valence-electron chi connectivity index (χ4n) is 0.499. The Morgan fingerprint density at radius 3 is 3.00 bits per heavy atom. The minimum absolute atomic E-state index is 0.563. The molecule has 0 aliphatic rings. The molecule has 0 aliphatic carbocycles. The van der Waals surface area contributed by atoms with Gasteiger partial charge in [0.05, 0.1) is 12.7 Å². The monoisotopic (exact) mass is 139 g/mol. The summed E-state index contributed by atoms with van der Waals surface area (Å²) in [4.78, 5) is 0.